The third kappa shape index (κ3) is 1.29. The van der Waals surface area contributed by atoms with E-state index in [1.807, 2.05) is 12.4 Å². The van der Waals surface area contributed by atoms with Crippen molar-refractivity contribution in [1.82, 2.24) is 14.6 Å². The molecule has 2 aromatic carbocycles. The number of rotatable bonds is 0. The number of fused-ring (bicyclic) bond motifs is 5. The van der Waals surface area contributed by atoms with E-state index in [1.165, 1.54) is 33.2 Å². The van der Waals surface area contributed by atoms with E-state index >= 15 is 0 Å². The Morgan fingerprint density at radius 3 is 2.74 bits per heavy atom. The quantitative estimate of drug-likeness (QED) is 0.290. The maximum Gasteiger partial charge on any atom is 0.371 e. The Labute approximate surface area is 175 Å². The van der Waals surface area contributed by atoms with Gasteiger partial charge < -0.3 is 4.74 Å². The lowest BCUT2D eigenvalue weighted by atomic mass is 9.86. The second-order valence-corrected chi connectivity index (χ2v) is 8.42. The van der Waals surface area contributed by atoms with Crippen LogP contribution >= 0.6 is 0 Å². The first-order chi connectivity index (χ1) is 15.4. The molecule has 3 aliphatic rings. The molecule has 0 fully saturated rings. The molecule has 3 aliphatic heterocycles. The molecule has 0 saturated heterocycles. The van der Waals surface area contributed by atoms with Crippen molar-refractivity contribution in [2.24, 2.45) is 0 Å². The summed E-state index contributed by atoms with van der Waals surface area (Å²) in [6.07, 6.45) is 10.2. The molecule has 0 bridgehead atoms. The fourth-order valence-electron chi connectivity index (χ4n) is 6.25. The van der Waals surface area contributed by atoms with E-state index in [0.717, 1.165) is 28.0 Å². The van der Waals surface area contributed by atoms with Crippen LogP contribution in [-0.4, -0.2) is 14.6 Å². The minimum Gasteiger partial charge on any atom is -0.456 e. The third-order valence-electron chi connectivity index (χ3n) is 7.25. The van der Waals surface area contributed by atoms with E-state index in [9.17, 15) is 0 Å². The standard InChI is InChI=1S/C25H13N5O/c1-2-9-29-17(5-1)15-4-3-6-19-22(15)25(29)23-20(31-19)8-7-14-16-12-26-27-13-18(16)28-10-11-30(25)24(28)21(14)23/h1-13H/q+2. The molecule has 4 aromatic heterocycles. The summed E-state index contributed by atoms with van der Waals surface area (Å²) >= 11 is 0. The Bertz CT molecular complexity index is 1840. The highest BCUT2D eigenvalue weighted by Gasteiger charge is 2.67. The second kappa shape index (κ2) is 4.39. The van der Waals surface area contributed by atoms with Gasteiger partial charge in [0.1, 0.15) is 35.0 Å². The zero-order valence-corrected chi connectivity index (χ0v) is 16.1. The zero-order chi connectivity index (χ0) is 19.9. The smallest absolute Gasteiger partial charge is 0.371 e. The van der Waals surface area contributed by atoms with E-state index in [1.54, 1.807) is 0 Å². The van der Waals surface area contributed by atoms with Gasteiger partial charge in [-0.05, 0) is 30.3 Å². The number of benzene rings is 2. The van der Waals surface area contributed by atoms with E-state index < -0.39 is 5.66 Å². The van der Waals surface area contributed by atoms with Crippen LogP contribution in [0.5, 0.6) is 11.5 Å². The van der Waals surface area contributed by atoms with E-state index in [2.05, 4.69) is 90.9 Å². The lowest BCUT2D eigenvalue weighted by Crippen LogP contribution is -2.71. The van der Waals surface area contributed by atoms with Gasteiger partial charge in [0.15, 0.2) is 11.7 Å². The average molecular weight is 399 g/mol. The van der Waals surface area contributed by atoms with Crippen LogP contribution in [0.2, 0.25) is 0 Å². The summed E-state index contributed by atoms with van der Waals surface area (Å²) in [6, 6.07) is 17.1. The number of ether oxygens (including phenoxy) is 1. The summed E-state index contributed by atoms with van der Waals surface area (Å²) in [5.74, 6) is 1.83. The van der Waals surface area contributed by atoms with Crippen LogP contribution in [-0.2, 0) is 5.66 Å². The van der Waals surface area contributed by atoms with Crippen molar-refractivity contribution in [3.63, 3.8) is 0 Å². The molecular formula is C25H13N5O+2. The third-order valence-corrected chi connectivity index (χ3v) is 7.25. The van der Waals surface area contributed by atoms with Crippen molar-refractivity contribution in [3.8, 4) is 22.8 Å². The first kappa shape index (κ1) is 14.6. The van der Waals surface area contributed by atoms with Crippen LogP contribution in [0, 0.1) is 0 Å². The number of aromatic nitrogens is 5. The number of hydrogen-bond donors (Lipinski definition) is 0. The normalized spacial score (nSPS) is 18.7. The fourth-order valence-corrected chi connectivity index (χ4v) is 6.25. The Hall–Kier alpha value is -4.32. The topological polar surface area (TPSA) is 47.2 Å². The molecule has 0 radical (unpaired) electrons. The van der Waals surface area contributed by atoms with E-state index in [0.29, 0.717) is 0 Å². The van der Waals surface area contributed by atoms with Crippen molar-refractivity contribution in [3.05, 3.63) is 90.6 Å². The molecule has 0 N–H and O–H groups in total. The van der Waals surface area contributed by atoms with Gasteiger partial charge in [-0.15, -0.1) is 4.57 Å². The summed E-state index contributed by atoms with van der Waals surface area (Å²) in [7, 11) is 0. The molecule has 0 amide bonds. The van der Waals surface area contributed by atoms with E-state index in [4.69, 9.17) is 4.74 Å². The van der Waals surface area contributed by atoms with Gasteiger partial charge in [-0.1, -0.05) is 6.07 Å². The highest BCUT2D eigenvalue weighted by atomic mass is 16.5. The molecule has 9 rings (SSSR count). The summed E-state index contributed by atoms with van der Waals surface area (Å²) in [5.41, 5.74) is 6.52. The van der Waals surface area contributed by atoms with Crippen LogP contribution in [0.4, 0.5) is 0 Å². The molecule has 0 saturated carbocycles. The lowest BCUT2D eigenvalue weighted by Gasteiger charge is -2.27. The fraction of sp³-hybridized carbons (Fsp3) is 0.0400. The minimum atomic E-state index is -0.509. The van der Waals surface area contributed by atoms with Crippen LogP contribution in [0.3, 0.4) is 0 Å². The van der Waals surface area contributed by atoms with Crippen LogP contribution in [0.1, 0.15) is 11.1 Å². The molecule has 1 spiro atoms. The predicted molar refractivity (Wildman–Crippen MR) is 112 cm³/mol. The van der Waals surface area contributed by atoms with Crippen molar-refractivity contribution in [2.45, 2.75) is 5.66 Å². The maximum atomic E-state index is 6.53. The number of nitrogens with zero attached hydrogens (tertiary/aromatic N) is 5. The molecule has 6 heteroatoms. The van der Waals surface area contributed by atoms with Gasteiger partial charge in [-0.25, -0.2) is 0 Å². The summed E-state index contributed by atoms with van der Waals surface area (Å²) in [6.45, 7) is 0. The van der Waals surface area contributed by atoms with Gasteiger partial charge in [-0.2, -0.15) is 19.2 Å². The van der Waals surface area contributed by atoms with E-state index in [-0.39, 0.29) is 0 Å². The van der Waals surface area contributed by atoms with Gasteiger partial charge >= 0.3 is 11.3 Å². The summed E-state index contributed by atoms with van der Waals surface area (Å²) in [4.78, 5) is 0. The Morgan fingerprint density at radius 2 is 1.74 bits per heavy atom. The summed E-state index contributed by atoms with van der Waals surface area (Å²) < 4.78 is 13.6. The summed E-state index contributed by atoms with van der Waals surface area (Å²) in [5, 5.41) is 11.8. The van der Waals surface area contributed by atoms with Crippen molar-refractivity contribution >= 4 is 27.3 Å². The molecule has 0 aliphatic carbocycles. The van der Waals surface area contributed by atoms with Gasteiger partial charge in [0, 0.05) is 17.5 Å². The lowest BCUT2D eigenvalue weighted by molar-refractivity contribution is -0.950. The number of imidazole rings is 1. The maximum absolute atomic E-state index is 6.53. The molecule has 1 unspecified atom stereocenters. The molecule has 7 heterocycles. The average Bonchev–Trinajstić information content (AvgIpc) is 3.48. The molecular weight excluding hydrogens is 386 g/mol. The zero-order valence-electron chi connectivity index (χ0n) is 16.1. The number of pyridine rings is 2. The van der Waals surface area contributed by atoms with Gasteiger partial charge in [0.05, 0.1) is 28.7 Å². The van der Waals surface area contributed by atoms with Gasteiger partial charge in [0.2, 0.25) is 5.69 Å². The predicted octanol–water partition coefficient (Wildman–Crippen LogP) is 3.31. The van der Waals surface area contributed by atoms with Crippen molar-refractivity contribution < 1.29 is 13.9 Å². The first-order valence-corrected chi connectivity index (χ1v) is 10.3. The van der Waals surface area contributed by atoms with Gasteiger partial charge in [0.25, 0.3) is 0 Å². The molecule has 142 valence electrons. The monoisotopic (exact) mass is 399 g/mol. The van der Waals surface area contributed by atoms with Crippen molar-refractivity contribution in [2.75, 3.05) is 0 Å². The van der Waals surface area contributed by atoms with Crippen LogP contribution in [0.25, 0.3) is 38.6 Å². The molecule has 31 heavy (non-hydrogen) atoms. The number of hydrogen-bond acceptors (Lipinski definition) is 3. The Balaban J connectivity index is 1.65. The Morgan fingerprint density at radius 1 is 0.806 bits per heavy atom. The molecule has 6 aromatic rings. The highest BCUT2D eigenvalue weighted by Crippen LogP contribution is 2.56. The second-order valence-electron chi connectivity index (χ2n) is 8.42. The van der Waals surface area contributed by atoms with Gasteiger partial charge in [-0.3, -0.25) is 0 Å². The Kier molecular flexibility index (Phi) is 2.07. The molecule has 1 atom stereocenters. The first-order valence-electron chi connectivity index (χ1n) is 10.3. The van der Waals surface area contributed by atoms with Crippen molar-refractivity contribution in [1.29, 1.82) is 0 Å². The highest BCUT2D eigenvalue weighted by molar-refractivity contribution is 6.14. The SMILES string of the molecule is c1cc2c3c(c1)-c1cccc[n+]1C31c3c(ccc4c5cnncc5n5cc[n+]1c5c34)O2. The molecule has 6 nitrogen and oxygen atoms in total. The minimum absolute atomic E-state index is 0.509. The van der Waals surface area contributed by atoms with Crippen LogP contribution in [0.15, 0.2) is 79.5 Å². The van der Waals surface area contributed by atoms with Crippen LogP contribution < -0.4 is 13.9 Å². The largest absolute Gasteiger partial charge is 0.456 e.